The predicted molar refractivity (Wildman–Crippen MR) is 93.4 cm³/mol. The van der Waals surface area contributed by atoms with Gasteiger partial charge in [0, 0.05) is 18.0 Å². The molecule has 5 heteroatoms. The summed E-state index contributed by atoms with van der Waals surface area (Å²) in [4.78, 5) is 7.24. The zero-order chi connectivity index (χ0) is 16.2. The molecule has 124 valence electrons. The van der Waals surface area contributed by atoms with Gasteiger partial charge in [-0.05, 0) is 43.5 Å². The van der Waals surface area contributed by atoms with Gasteiger partial charge >= 0.3 is 0 Å². The summed E-state index contributed by atoms with van der Waals surface area (Å²) in [6.45, 7) is 4.21. The molecule has 1 aromatic carbocycles. The van der Waals surface area contributed by atoms with Crippen molar-refractivity contribution in [3.8, 4) is 11.5 Å². The highest BCUT2D eigenvalue weighted by atomic mass is 32.1. The molecule has 0 N–H and O–H groups in total. The SMILES string of the molecule is CCc1nc(CN2CCCC2c2ccc(OC)c(OC)c2)cs1. The Hall–Kier alpha value is -1.59. The molecule has 0 amide bonds. The first kappa shape index (κ1) is 16.3. The number of benzene rings is 1. The standard InChI is InChI=1S/C18H24N2O2S/c1-4-18-19-14(12-23-18)11-20-9-5-6-15(20)13-7-8-16(21-2)17(10-13)22-3/h7-8,10,12,15H,4-6,9,11H2,1-3H3. The van der Waals surface area contributed by atoms with E-state index in [1.165, 1.54) is 29.1 Å². The lowest BCUT2D eigenvalue weighted by Gasteiger charge is -2.24. The Labute approximate surface area is 142 Å². The number of thiazole rings is 1. The van der Waals surface area contributed by atoms with Crippen molar-refractivity contribution in [1.82, 2.24) is 9.88 Å². The third-order valence-corrected chi connectivity index (χ3v) is 5.46. The number of aromatic nitrogens is 1. The average molecular weight is 332 g/mol. The average Bonchev–Trinajstić information content (AvgIpc) is 3.23. The Bertz CT molecular complexity index is 656. The largest absolute Gasteiger partial charge is 0.493 e. The van der Waals surface area contributed by atoms with E-state index < -0.39 is 0 Å². The molecule has 4 nitrogen and oxygen atoms in total. The molecule has 0 saturated carbocycles. The number of rotatable bonds is 6. The fraction of sp³-hybridized carbons (Fsp3) is 0.500. The van der Waals surface area contributed by atoms with Crippen LogP contribution in [0.3, 0.4) is 0 Å². The lowest BCUT2D eigenvalue weighted by molar-refractivity contribution is 0.245. The number of likely N-dealkylation sites (tertiary alicyclic amines) is 1. The highest BCUT2D eigenvalue weighted by Crippen LogP contribution is 2.37. The smallest absolute Gasteiger partial charge is 0.161 e. The first-order valence-corrected chi connectivity index (χ1v) is 9.02. The monoisotopic (exact) mass is 332 g/mol. The molecule has 0 bridgehead atoms. The normalized spacial score (nSPS) is 18.3. The van der Waals surface area contributed by atoms with Crippen LogP contribution in [0.25, 0.3) is 0 Å². The Balaban J connectivity index is 1.78. The minimum atomic E-state index is 0.432. The third kappa shape index (κ3) is 3.51. The summed E-state index contributed by atoms with van der Waals surface area (Å²) < 4.78 is 10.8. The summed E-state index contributed by atoms with van der Waals surface area (Å²) in [6, 6.07) is 6.70. The molecule has 1 fully saturated rings. The summed E-state index contributed by atoms with van der Waals surface area (Å²) in [5.74, 6) is 1.59. The molecule has 1 saturated heterocycles. The van der Waals surface area contributed by atoms with E-state index >= 15 is 0 Å². The van der Waals surface area contributed by atoms with Crippen molar-refractivity contribution in [2.24, 2.45) is 0 Å². The molecule has 2 aromatic rings. The van der Waals surface area contributed by atoms with Gasteiger partial charge in [-0.3, -0.25) is 4.90 Å². The fourth-order valence-electron chi connectivity index (χ4n) is 3.24. The van der Waals surface area contributed by atoms with Crippen LogP contribution >= 0.6 is 11.3 Å². The summed E-state index contributed by atoms with van der Waals surface area (Å²) in [5.41, 5.74) is 2.49. The maximum atomic E-state index is 5.45. The molecule has 1 aromatic heterocycles. The van der Waals surface area contributed by atoms with Gasteiger partial charge in [-0.15, -0.1) is 11.3 Å². The number of hydrogen-bond donors (Lipinski definition) is 0. The maximum absolute atomic E-state index is 5.45. The third-order valence-electron chi connectivity index (χ3n) is 4.42. The second kappa shape index (κ2) is 7.32. The van der Waals surface area contributed by atoms with Crippen molar-refractivity contribution in [1.29, 1.82) is 0 Å². The number of ether oxygens (including phenoxy) is 2. The van der Waals surface area contributed by atoms with Crippen LogP contribution in [0.4, 0.5) is 0 Å². The van der Waals surface area contributed by atoms with Crippen LogP contribution in [0.5, 0.6) is 11.5 Å². The Morgan fingerprint density at radius 1 is 1.26 bits per heavy atom. The Morgan fingerprint density at radius 2 is 2.09 bits per heavy atom. The van der Waals surface area contributed by atoms with E-state index in [1.807, 2.05) is 6.07 Å². The number of hydrogen-bond acceptors (Lipinski definition) is 5. The van der Waals surface area contributed by atoms with E-state index in [9.17, 15) is 0 Å². The lowest BCUT2D eigenvalue weighted by atomic mass is 10.0. The van der Waals surface area contributed by atoms with Crippen molar-refractivity contribution in [2.75, 3.05) is 20.8 Å². The molecule has 3 rings (SSSR count). The van der Waals surface area contributed by atoms with Gasteiger partial charge in [0.25, 0.3) is 0 Å². The topological polar surface area (TPSA) is 34.6 Å². The summed E-state index contributed by atoms with van der Waals surface area (Å²) in [5, 5.41) is 3.42. The quantitative estimate of drug-likeness (QED) is 0.799. The molecule has 2 heterocycles. The van der Waals surface area contributed by atoms with Gasteiger partial charge in [-0.2, -0.15) is 0 Å². The molecule has 1 aliphatic heterocycles. The van der Waals surface area contributed by atoms with Crippen molar-refractivity contribution in [3.63, 3.8) is 0 Å². The Morgan fingerprint density at radius 3 is 2.78 bits per heavy atom. The van der Waals surface area contributed by atoms with Crippen molar-refractivity contribution < 1.29 is 9.47 Å². The number of nitrogens with zero attached hydrogens (tertiary/aromatic N) is 2. The van der Waals surface area contributed by atoms with E-state index in [0.717, 1.165) is 31.0 Å². The second-order valence-corrected chi connectivity index (χ2v) is 6.77. The van der Waals surface area contributed by atoms with Crippen molar-refractivity contribution in [3.05, 3.63) is 39.8 Å². The second-order valence-electron chi connectivity index (χ2n) is 5.83. The van der Waals surface area contributed by atoms with Gasteiger partial charge in [-0.25, -0.2) is 4.98 Å². The van der Waals surface area contributed by atoms with Crippen LogP contribution in [0, 0.1) is 0 Å². The summed E-state index contributed by atoms with van der Waals surface area (Å²) in [7, 11) is 3.36. The minimum absolute atomic E-state index is 0.432. The van der Waals surface area contributed by atoms with E-state index in [4.69, 9.17) is 14.5 Å². The first-order valence-electron chi connectivity index (χ1n) is 8.14. The van der Waals surface area contributed by atoms with Crippen molar-refractivity contribution >= 4 is 11.3 Å². The number of methoxy groups -OCH3 is 2. The fourth-order valence-corrected chi connectivity index (χ4v) is 3.98. The first-order chi connectivity index (χ1) is 11.2. The molecular weight excluding hydrogens is 308 g/mol. The van der Waals surface area contributed by atoms with E-state index in [-0.39, 0.29) is 0 Å². The van der Waals surface area contributed by atoms with E-state index in [1.54, 1.807) is 25.6 Å². The minimum Gasteiger partial charge on any atom is -0.493 e. The molecule has 1 aliphatic rings. The van der Waals surface area contributed by atoms with Gasteiger partial charge in [0.2, 0.25) is 0 Å². The lowest BCUT2D eigenvalue weighted by Crippen LogP contribution is -2.23. The molecule has 1 atom stereocenters. The highest BCUT2D eigenvalue weighted by molar-refractivity contribution is 7.09. The summed E-state index contributed by atoms with van der Waals surface area (Å²) >= 11 is 1.77. The predicted octanol–water partition coefficient (Wildman–Crippen LogP) is 4.06. The van der Waals surface area contributed by atoms with Gasteiger partial charge in [0.1, 0.15) is 0 Å². The molecular formula is C18H24N2O2S. The molecule has 0 radical (unpaired) electrons. The van der Waals surface area contributed by atoms with Crippen molar-refractivity contribution in [2.45, 2.75) is 38.8 Å². The van der Waals surface area contributed by atoms with E-state index in [2.05, 4.69) is 29.3 Å². The van der Waals surface area contributed by atoms with Crippen LogP contribution in [0.2, 0.25) is 0 Å². The maximum Gasteiger partial charge on any atom is 0.161 e. The van der Waals surface area contributed by atoms with Crippen LogP contribution in [-0.4, -0.2) is 30.6 Å². The van der Waals surface area contributed by atoms with Crippen LogP contribution < -0.4 is 9.47 Å². The van der Waals surface area contributed by atoms with Crippen LogP contribution in [0.15, 0.2) is 23.6 Å². The van der Waals surface area contributed by atoms with Crippen LogP contribution in [0.1, 0.15) is 42.1 Å². The highest BCUT2D eigenvalue weighted by Gasteiger charge is 2.27. The van der Waals surface area contributed by atoms with Gasteiger partial charge in [0.05, 0.1) is 24.9 Å². The Kier molecular flexibility index (Phi) is 5.18. The number of aryl methyl sites for hydroxylation is 1. The van der Waals surface area contributed by atoms with E-state index in [0.29, 0.717) is 6.04 Å². The molecule has 23 heavy (non-hydrogen) atoms. The van der Waals surface area contributed by atoms with Gasteiger partial charge < -0.3 is 9.47 Å². The molecule has 1 unspecified atom stereocenters. The molecule has 0 aliphatic carbocycles. The van der Waals surface area contributed by atoms with Crippen LogP contribution in [-0.2, 0) is 13.0 Å². The molecule has 0 spiro atoms. The zero-order valence-electron chi connectivity index (χ0n) is 14.0. The summed E-state index contributed by atoms with van der Waals surface area (Å²) in [6.07, 6.45) is 3.42. The van der Waals surface area contributed by atoms with Gasteiger partial charge in [-0.1, -0.05) is 13.0 Å². The van der Waals surface area contributed by atoms with Gasteiger partial charge in [0.15, 0.2) is 11.5 Å². The zero-order valence-corrected chi connectivity index (χ0v) is 14.9.